The molecule has 1 N–H and O–H groups in total. The minimum Gasteiger partial charge on any atom is -0.262 e. The molecular weight excluding hydrogens is 250 g/mol. The summed E-state index contributed by atoms with van der Waals surface area (Å²) < 4.78 is 22.9. The Bertz CT molecular complexity index is 649. The van der Waals surface area contributed by atoms with E-state index in [1.54, 1.807) is 0 Å². The second-order valence-electron chi connectivity index (χ2n) is 4.51. The highest BCUT2D eigenvalue weighted by Crippen LogP contribution is 2.27. The number of benzene rings is 1. The van der Waals surface area contributed by atoms with E-state index in [0.29, 0.717) is 18.1 Å². The van der Waals surface area contributed by atoms with Gasteiger partial charge in [0.05, 0.1) is 11.5 Å². The highest BCUT2D eigenvalue weighted by Gasteiger charge is 2.31. The smallest absolute Gasteiger partial charge is 0.181 e. The molecule has 1 aromatic heterocycles. The number of aromatic amines is 1. The summed E-state index contributed by atoms with van der Waals surface area (Å²) in [5.74, 6) is 1.68. The molecule has 2 aromatic rings. The lowest BCUT2D eigenvalue weighted by Gasteiger charge is -2.00. The minimum absolute atomic E-state index is 0.0417. The predicted octanol–water partition coefficient (Wildman–Crippen LogP) is 1.37. The average Bonchev–Trinajstić information content (AvgIpc) is 2.96. The summed E-state index contributed by atoms with van der Waals surface area (Å²) in [5, 5.41) is 7.01. The van der Waals surface area contributed by atoms with Crippen LogP contribution in [0.3, 0.4) is 0 Å². The van der Waals surface area contributed by atoms with Crippen molar-refractivity contribution in [3.8, 4) is 11.4 Å². The van der Waals surface area contributed by atoms with Gasteiger partial charge in [0.15, 0.2) is 15.7 Å². The molecule has 1 atom stereocenters. The van der Waals surface area contributed by atoms with Crippen LogP contribution in [0.15, 0.2) is 30.3 Å². The molecule has 0 bridgehead atoms. The molecule has 6 heteroatoms. The van der Waals surface area contributed by atoms with E-state index in [9.17, 15) is 8.42 Å². The highest BCUT2D eigenvalue weighted by atomic mass is 32.2. The van der Waals surface area contributed by atoms with Crippen LogP contribution < -0.4 is 0 Å². The summed E-state index contributed by atoms with van der Waals surface area (Å²) in [4.78, 5) is 4.40. The van der Waals surface area contributed by atoms with Gasteiger partial charge in [-0.1, -0.05) is 30.3 Å². The number of nitrogens with zero attached hydrogens (tertiary/aromatic N) is 2. The third-order valence-corrected chi connectivity index (χ3v) is 4.92. The average molecular weight is 263 g/mol. The lowest BCUT2D eigenvalue weighted by molar-refractivity contribution is 0.601. The van der Waals surface area contributed by atoms with Gasteiger partial charge in [0.25, 0.3) is 0 Å². The maximum absolute atomic E-state index is 11.4. The molecule has 18 heavy (non-hydrogen) atoms. The Hall–Kier alpha value is -1.69. The Morgan fingerprint density at radius 2 is 2.00 bits per heavy atom. The summed E-state index contributed by atoms with van der Waals surface area (Å²) in [6.07, 6.45) is 0.631. The SMILES string of the molecule is O=S1(=O)CCC(c2nc(-c3ccccc3)n[nH]2)C1. The molecule has 1 fully saturated rings. The van der Waals surface area contributed by atoms with Crippen LogP contribution in [-0.2, 0) is 9.84 Å². The molecule has 0 amide bonds. The highest BCUT2D eigenvalue weighted by molar-refractivity contribution is 7.91. The zero-order valence-corrected chi connectivity index (χ0v) is 10.5. The first-order valence-electron chi connectivity index (χ1n) is 5.82. The van der Waals surface area contributed by atoms with E-state index in [1.165, 1.54) is 0 Å². The zero-order chi connectivity index (χ0) is 12.6. The molecule has 1 unspecified atom stereocenters. The van der Waals surface area contributed by atoms with Crippen molar-refractivity contribution in [1.29, 1.82) is 0 Å². The second-order valence-corrected chi connectivity index (χ2v) is 6.74. The van der Waals surface area contributed by atoms with Crippen LogP contribution in [0.1, 0.15) is 18.2 Å². The lowest BCUT2D eigenvalue weighted by atomic mass is 10.1. The Kier molecular flexibility index (Phi) is 2.66. The molecule has 3 rings (SSSR count). The normalized spacial score (nSPS) is 22.1. The van der Waals surface area contributed by atoms with E-state index in [0.717, 1.165) is 5.56 Å². The molecule has 1 saturated heterocycles. The molecule has 1 aliphatic rings. The molecular formula is C12H13N3O2S. The first kappa shape index (κ1) is 11.4. The second kappa shape index (κ2) is 4.20. The maximum Gasteiger partial charge on any atom is 0.181 e. The summed E-state index contributed by atoms with van der Waals surface area (Å²) in [6.45, 7) is 0. The van der Waals surface area contributed by atoms with Crippen LogP contribution in [0.25, 0.3) is 11.4 Å². The summed E-state index contributed by atoms with van der Waals surface area (Å²) in [7, 11) is -2.89. The van der Waals surface area contributed by atoms with Crippen LogP contribution in [0, 0.1) is 0 Å². The van der Waals surface area contributed by atoms with Crippen LogP contribution in [0.2, 0.25) is 0 Å². The van der Waals surface area contributed by atoms with E-state index < -0.39 is 9.84 Å². The van der Waals surface area contributed by atoms with Crippen molar-refractivity contribution in [1.82, 2.24) is 15.2 Å². The molecule has 1 aromatic carbocycles. The van der Waals surface area contributed by atoms with Gasteiger partial charge in [-0.3, -0.25) is 5.10 Å². The topological polar surface area (TPSA) is 75.7 Å². The molecule has 0 radical (unpaired) electrons. The minimum atomic E-state index is -2.89. The van der Waals surface area contributed by atoms with Crippen molar-refractivity contribution in [2.45, 2.75) is 12.3 Å². The van der Waals surface area contributed by atoms with Gasteiger partial charge in [-0.2, -0.15) is 5.10 Å². The van der Waals surface area contributed by atoms with Crippen molar-refractivity contribution in [2.24, 2.45) is 0 Å². The molecule has 5 nitrogen and oxygen atoms in total. The van der Waals surface area contributed by atoms with E-state index in [4.69, 9.17) is 0 Å². The third kappa shape index (κ3) is 2.15. The maximum atomic E-state index is 11.4. The molecule has 1 aliphatic heterocycles. The molecule has 2 heterocycles. The van der Waals surface area contributed by atoms with Crippen LogP contribution in [-0.4, -0.2) is 35.1 Å². The van der Waals surface area contributed by atoms with E-state index in [1.807, 2.05) is 30.3 Å². The number of H-pyrrole nitrogens is 1. The molecule has 0 spiro atoms. The van der Waals surface area contributed by atoms with Gasteiger partial charge in [0, 0.05) is 11.5 Å². The van der Waals surface area contributed by atoms with Crippen LogP contribution in [0.4, 0.5) is 0 Å². The number of hydrogen-bond donors (Lipinski definition) is 1. The number of nitrogens with one attached hydrogen (secondary N) is 1. The van der Waals surface area contributed by atoms with Crippen molar-refractivity contribution >= 4 is 9.84 Å². The number of rotatable bonds is 2. The third-order valence-electron chi connectivity index (χ3n) is 3.15. The van der Waals surface area contributed by atoms with Gasteiger partial charge < -0.3 is 0 Å². The molecule has 0 saturated carbocycles. The summed E-state index contributed by atoms with van der Waals surface area (Å²) >= 11 is 0. The fourth-order valence-corrected chi connectivity index (χ4v) is 3.93. The molecule has 0 aliphatic carbocycles. The fraction of sp³-hybridized carbons (Fsp3) is 0.333. The zero-order valence-electron chi connectivity index (χ0n) is 9.70. The number of sulfone groups is 1. The summed E-state index contributed by atoms with van der Waals surface area (Å²) in [5.41, 5.74) is 0.931. The monoisotopic (exact) mass is 263 g/mol. The van der Waals surface area contributed by atoms with Crippen molar-refractivity contribution in [3.05, 3.63) is 36.2 Å². The number of aromatic nitrogens is 3. The fourth-order valence-electron chi connectivity index (χ4n) is 2.18. The standard InChI is InChI=1S/C12H13N3O2S/c16-18(17)7-6-10(8-18)12-13-11(14-15-12)9-4-2-1-3-5-9/h1-5,10H,6-8H2,(H,13,14,15). The quantitative estimate of drug-likeness (QED) is 0.888. The van der Waals surface area contributed by atoms with Gasteiger partial charge in [-0.25, -0.2) is 13.4 Å². The van der Waals surface area contributed by atoms with Crippen LogP contribution in [0.5, 0.6) is 0 Å². The van der Waals surface area contributed by atoms with Gasteiger partial charge in [-0.05, 0) is 6.42 Å². The number of hydrogen-bond acceptors (Lipinski definition) is 4. The van der Waals surface area contributed by atoms with E-state index in [-0.39, 0.29) is 17.4 Å². The van der Waals surface area contributed by atoms with Gasteiger partial charge in [-0.15, -0.1) is 0 Å². The van der Waals surface area contributed by atoms with Crippen molar-refractivity contribution < 1.29 is 8.42 Å². The van der Waals surface area contributed by atoms with Gasteiger partial charge >= 0.3 is 0 Å². The van der Waals surface area contributed by atoms with Gasteiger partial charge in [0.2, 0.25) is 0 Å². The Labute approximate surface area is 105 Å². The van der Waals surface area contributed by atoms with Gasteiger partial charge in [0.1, 0.15) is 5.82 Å². The first-order valence-corrected chi connectivity index (χ1v) is 7.64. The summed E-state index contributed by atoms with van der Waals surface area (Å²) in [6, 6.07) is 9.63. The first-order chi connectivity index (χ1) is 8.64. The molecule has 94 valence electrons. The van der Waals surface area contributed by atoms with Crippen molar-refractivity contribution in [2.75, 3.05) is 11.5 Å². The Balaban J connectivity index is 1.87. The van der Waals surface area contributed by atoms with Crippen LogP contribution >= 0.6 is 0 Å². The van der Waals surface area contributed by atoms with Crippen molar-refractivity contribution in [3.63, 3.8) is 0 Å². The largest absolute Gasteiger partial charge is 0.262 e. The van der Waals surface area contributed by atoms with E-state index >= 15 is 0 Å². The lowest BCUT2D eigenvalue weighted by Crippen LogP contribution is -2.05. The Morgan fingerprint density at radius 3 is 2.67 bits per heavy atom. The van der Waals surface area contributed by atoms with E-state index in [2.05, 4.69) is 15.2 Å². The predicted molar refractivity (Wildman–Crippen MR) is 67.8 cm³/mol. The Morgan fingerprint density at radius 1 is 1.22 bits per heavy atom.